The minimum Gasteiger partial charge on any atom is -0.303 e. The molecular formula is C10H18O2. The monoisotopic (exact) mass is 170 g/mol. The van der Waals surface area contributed by atoms with Crippen molar-refractivity contribution in [2.75, 3.05) is 0 Å². The Morgan fingerprint density at radius 3 is 2.25 bits per heavy atom. The summed E-state index contributed by atoms with van der Waals surface area (Å²) in [4.78, 5) is 20.9. The minimum absolute atomic E-state index is 0.0788. The SMILES string of the molecule is CCCC(CC=O)C(C=O)CC. The molecule has 2 unspecified atom stereocenters. The summed E-state index contributed by atoms with van der Waals surface area (Å²) in [5.74, 6) is 0.352. The third-order valence-corrected chi connectivity index (χ3v) is 2.31. The van der Waals surface area contributed by atoms with Gasteiger partial charge >= 0.3 is 0 Å². The van der Waals surface area contributed by atoms with E-state index in [0.29, 0.717) is 6.42 Å². The van der Waals surface area contributed by atoms with Crippen molar-refractivity contribution in [2.24, 2.45) is 11.8 Å². The molecule has 2 nitrogen and oxygen atoms in total. The predicted octanol–water partition coefficient (Wildman–Crippen LogP) is 2.22. The van der Waals surface area contributed by atoms with E-state index in [2.05, 4.69) is 6.92 Å². The van der Waals surface area contributed by atoms with E-state index >= 15 is 0 Å². The summed E-state index contributed by atoms with van der Waals surface area (Å²) >= 11 is 0. The first-order valence-corrected chi connectivity index (χ1v) is 4.69. The maximum Gasteiger partial charge on any atom is 0.123 e. The maximum absolute atomic E-state index is 10.6. The zero-order valence-corrected chi connectivity index (χ0v) is 7.95. The molecule has 0 radical (unpaired) electrons. The molecule has 0 aliphatic rings. The molecule has 0 rings (SSSR count). The fraction of sp³-hybridized carbons (Fsp3) is 0.800. The summed E-state index contributed by atoms with van der Waals surface area (Å²) < 4.78 is 0. The fourth-order valence-corrected chi connectivity index (χ4v) is 1.54. The molecule has 0 aromatic rings. The van der Waals surface area contributed by atoms with Crippen molar-refractivity contribution in [2.45, 2.75) is 39.5 Å². The quantitative estimate of drug-likeness (QED) is 0.549. The molecule has 0 aromatic heterocycles. The first-order valence-electron chi connectivity index (χ1n) is 4.69. The van der Waals surface area contributed by atoms with Crippen molar-refractivity contribution in [1.29, 1.82) is 0 Å². The van der Waals surface area contributed by atoms with E-state index in [4.69, 9.17) is 0 Å². The van der Waals surface area contributed by atoms with Gasteiger partial charge in [0.25, 0.3) is 0 Å². The highest BCUT2D eigenvalue weighted by molar-refractivity contribution is 5.56. The Bertz CT molecular complexity index is 132. The highest BCUT2D eigenvalue weighted by Crippen LogP contribution is 2.21. The van der Waals surface area contributed by atoms with Crippen LogP contribution in [0.25, 0.3) is 0 Å². The molecule has 0 saturated heterocycles. The van der Waals surface area contributed by atoms with Crippen LogP contribution in [0.3, 0.4) is 0 Å². The maximum atomic E-state index is 10.6. The van der Waals surface area contributed by atoms with Crippen LogP contribution in [0.1, 0.15) is 39.5 Å². The summed E-state index contributed by atoms with van der Waals surface area (Å²) in [6, 6.07) is 0. The number of hydrogen-bond acceptors (Lipinski definition) is 2. The second kappa shape index (κ2) is 7.01. The lowest BCUT2D eigenvalue weighted by atomic mass is 9.86. The molecule has 0 aliphatic carbocycles. The summed E-state index contributed by atoms with van der Waals surface area (Å²) in [5.41, 5.74) is 0. The Labute approximate surface area is 74.3 Å². The van der Waals surface area contributed by atoms with Gasteiger partial charge in [0.2, 0.25) is 0 Å². The summed E-state index contributed by atoms with van der Waals surface area (Å²) in [6.45, 7) is 4.07. The molecule has 0 aromatic carbocycles. The Kier molecular flexibility index (Phi) is 6.63. The van der Waals surface area contributed by atoms with Crippen LogP contribution in [0, 0.1) is 11.8 Å². The third kappa shape index (κ3) is 3.65. The van der Waals surface area contributed by atoms with E-state index in [1.807, 2.05) is 6.92 Å². The first kappa shape index (κ1) is 11.3. The average Bonchev–Trinajstić information content (AvgIpc) is 2.07. The number of aldehydes is 2. The topological polar surface area (TPSA) is 34.1 Å². The van der Waals surface area contributed by atoms with Gasteiger partial charge in [-0.2, -0.15) is 0 Å². The first-order chi connectivity index (χ1) is 5.79. The molecule has 2 atom stereocenters. The summed E-state index contributed by atoms with van der Waals surface area (Å²) in [7, 11) is 0. The van der Waals surface area contributed by atoms with Crippen LogP contribution in [0.15, 0.2) is 0 Å². The smallest absolute Gasteiger partial charge is 0.123 e. The average molecular weight is 170 g/mol. The Balaban J connectivity index is 4.03. The van der Waals surface area contributed by atoms with E-state index in [0.717, 1.165) is 31.8 Å². The number of hydrogen-bond donors (Lipinski definition) is 0. The van der Waals surface area contributed by atoms with Crippen molar-refractivity contribution >= 4 is 12.6 Å². The van der Waals surface area contributed by atoms with Gasteiger partial charge < -0.3 is 9.59 Å². The van der Waals surface area contributed by atoms with Crippen LogP contribution in [-0.4, -0.2) is 12.6 Å². The third-order valence-electron chi connectivity index (χ3n) is 2.31. The molecule has 0 heterocycles. The summed E-state index contributed by atoms with van der Waals surface area (Å²) in [6.07, 6.45) is 5.32. The Morgan fingerprint density at radius 1 is 1.25 bits per heavy atom. The lowest BCUT2D eigenvalue weighted by Crippen LogP contribution is -2.15. The van der Waals surface area contributed by atoms with Crippen molar-refractivity contribution in [3.8, 4) is 0 Å². The van der Waals surface area contributed by atoms with Crippen LogP contribution >= 0.6 is 0 Å². The molecule has 0 N–H and O–H groups in total. The number of carbonyl (C=O) groups is 2. The van der Waals surface area contributed by atoms with Crippen LogP contribution < -0.4 is 0 Å². The normalized spacial score (nSPS) is 15.2. The molecule has 0 bridgehead atoms. The second-order valence-corrected chi connectivity index (χ2v) is 3.16. The fourth-order valence-electron chi connectivity index (χ4n) is 1.54. The van der Waals surface area contributed by atoms with Crippen molar-refractivity contribution in [3.05, 3.63) is 0 Å². The molecule has 0 spiro atoms. The van der Waals surface area contributed by atoms with Gasteiger partial charge in [0.05, 0.1) is 0 Å². The standard InChI is InChI=1S/C10H18O2/c1-3-5-10(6-7-11)9(4-2)8-12/h7-10H,3-6H2,1-2H3. The molecule has 12 heavy (non-hydrogen) atoms. The number of rotatable bonds is 7. The van der Waals surface area contributed by atoms with E-state index in [1.54, 1.807) is 0 Å². The molecule has 0 fully saturated rings. The van der Waals surface area contributed by atoms with Gasteiger partial charge in [0.15, 0.2) is 0 Å². The van der Waals surface area contributed by atoms with E-state index in [9.17, 15) is 9.59 Å². The zero-order valence-electron chi connectivity index (χ0n) is 7.95. The van der Waals surface area contributed by atoms with Gasteiger partial charge in [-0.25, -0.2) is 0 Å². The molecule has 0 saturated carbocycles. The van der Waals surface area contributed by atoms with Crippen molar-refractivity contribution in [3.63, 3.8) is 0 Å². The molecule has 0 amide bonds. The predicted molar refractivity (Wildman–Crippen MR) is 48.9 cm³/mol. The van der Waals surface area contributed by atoms with Crippen LogP contribution in [0.2, 0.25) is 0 Å². The van der Waals surface area contributed by atoms with E-state index < -0.39 is 0 Å². The van der Waals surface area contributed by atoms with Gasteiger partial charge in [-0.1, -0.05) is 20.3 Å². The zero-order chi connectivity index (χ0) is 9.40. The number of carbonyl (C=O) groups excluding carboxylic acids is 2. The van der Waals surface area contributed by atoms with Gasteiger partial charge in [-0.05, 0) is 18.8 Å². The van der Waals surface area contributed by atoms with Gasteiger partial charge in [0, 0.05) is 12.3 Å². The Morgan fingerprint density at radius 2 is 1.92 bits per heavy atom. The molecule has 0 aliphatic heterocycles. The van der Waals surface area contributed by atoms with Crippen molar-refractivity contribution in [1.82, 2.24) is 0 Å². The highest BCUT2D eigenvalue weighted by atomic mass is 16.1. The lowest BCUT2D eigenvalue weighted by molar-refractivity contribution is -0.114. The van der Waals surface area contributed by atoms with E-state index in [-0.39, 0.29) is 11.8 Å². The summed E-state index contributed by atoms with van der Waals surface area (Å²) in [5, 5.41) is 0. The van der Waals surface area contributed by atoms with Crippen LogP contribution in [0.5, 0.6) is 0 Å². The molecule has 2 heteroatoms. The molecule has 70 valence electrons. The van der Waals surface area contributed by atoms with E-state index in [1.165, 1.54) is 0 Å². The van der Waals surface area contributed by atoms with Crippen LogP contribution in [0.4, 0.5) is 0 Å². The van der Waals surface area contributed by atoms with Crippen LogP contribution in [-0.2, 0) is 9.59 Å². The van der Waals surface area contributed by atoms with Gasteiger partial charge in [0.1, 0.15) is 12.6 Å². The highest BCUT2D eigenvalue weighted by Gasteiger charge is 2.17. The largest absolute Gasteiger partial charge is 0.303 e. The minimum atomic E-state index is 0.0788. The second-order valence-electron chi connectivity index (χ2n) is 3.16. The molecular weight excluding hydrogens is 152 g/mol. The van der Waals surface area contributed by atoms with Gasteiger partial charge in [-0.3, -0.25) is 0 Å². The Hall–Kier alpha value is -0.660. The van der Waals surface area contributed by atoms with Crippen molar-refractivity contribution < 1.29 is 9.59 Å². The van der Waals surface area contributed by atoms with Gasteiger partial charge in [-0.15, -0.1) is 0 Å². The lowest BCUT2D eigenvalue weighted by Gasteiger charge is -2.18.